The quantitative estimate of drug-likeness (QED) is 0.600. The van der Waals surface area contributed by atoms with E-state index in [0.717, 1.165) is 11.1 Å². The number of ether oxygens (including phenoxy) is 1. The van der Waals surface area contributed by atoms with E-state index < -0.39 is 34.3 Å². The number of aromatic nitrogens is 1. The molecule has 0 spiro atoms. The first kappa shape index (κ1) is 20.0. The van der Waals surface area contributed by atoms with Gasteiger partial charge in [-0.1, -0.05) is 17.8 Å². The normalized spacial score (nSPS) is 15.8. The maximum Gasteiger partial charge on any atom is 0.278 e. The summed E-state index contributed by atoms with van der Waals surface area (Å²) in [5, 5.41) is 5.06. The first-order valence-corrected chi connectivity index (χ1v) is 9.65. The molecule has 0 radical (unpaired) electrons. The summed E-state index contributed by atoms with van der Waals surface area (Å²) in [7, 11) is 1.44. The average molecular weight is 429 g/mol. The van der Waals surface area contributed by atoms with Gasteiger partial charge in [-0.15, -0.1) is 0 Å². The predicted molar refractivity (Wildman–Crippen MR) is 107 cm³/mol. The Morgan fingerprint density at radius 1 is 1.07 bits per heavy atom. The molecule has 5 nitrogen and oxygen atoms in total. The Kier molecular flexibility index (Phi) is 5.45. The molecule has 1 aromatic heterocycles. The van der Waals surface area contributed by atoms with Crippen LogP contribution in [-0.2, 0) is 0 Å². The van der Waals surface area contributed by atoms with Crippen LogP contribution in [-0.4, -0.2) is 28.1 Å². The van der Waals surface area contributed by atoms with E-state index in [-0.39, 0.29) is 5.88 Å². The number of thioether (sulfide) groups is 1. The fraction of sp³-hybridized carbons (Fsp3) is 0.0952. The molecule has 4 rings (SSSR count). The lowest BCUT2D eigenvalue weighted by molar-refractivity contribution is 0.0741. The van der Waals surface area contributed by atoms with E-state index in [1.165, 1.54) is 61.5 Å². The number of benzene rings is 2. The van der Waals surface area contributed by atoms with Crippen molar-refractivity contribution in [2.45, 2.75) is 5.37 Å². The van der Waals surface area contributed by atoms with Crippen LogP contribution in [0.1, 0.15) is 26.9 Å². The minimum absolute atomic E-state index is 0.267. The van der Waals surface area contributed by atoms with Crippen LogP contribution in [0, 0.1) is 17.5 Å². The molecule has 0 N–H and O–H groups in total. The van der Waals surface area contributed by atoms with Crippen molar-refractivity contribution in [3.05, 3.63) is 94.9 Å². The van der Waals surface area contributed by atoms with Crippen molar-refractivity contribution in [2.75, 3.05) is 7.11 Å². The van der Waals surface area contributed by atoms with Gasteiger partial charge in [-0.25, -0.2) is 23.2 Å². The van der Waals surface area contributed by atoms with Crippen molar-refractivity contribution in [1.82, 2.24) is 9.99 Å². The number of hydrogen-bond donors (Lipinski definition) is 0. The number of carbonyl (C=O) groups is 1. The Bertz CT molecular complexity index is 1140. The highest BCUT2D eigenvalue weighted by molar-refractivity contribution is 8.14. The number of pyridine rings is 1. The number of hydrazone groups is 1. The zero-order chi connectivity index (χ0) is 21.3. The Labute approximate surface area is 174 Å². The molecule has 0 fully saturated rings. The van der Waals surface area contributed by atoms with Crippen molar-refractivity contribution in [1.29, 1.82) is 0 Å². The van der Waals surface area contributed by atoms with Crippen LogP contribution in [0.3, 0.4) is 0 Å². The number of halogens is 3. The van der Waals surface area contributed by atoms with Crippen LogP contribution in [0.5, 0.6) is 5.88 Å². The van der Waals surface area contributed by atoms with Gasteiger partial charge in [-0.3, -0.25) is 4.79 Å². The summed E-state index contributed by atoms with van der Waals surface area (Å²) in [6.07, 6.45) is 1.53. The molecule has 2 aromatic carbocycles. The molecule has 0 bridgehead atoms. The zero-order valence-electron chi connectivity index (χ0n) is 15.6. The topological polar surface area (TPSA) is 54.8 Å². The largest absolute Gasteiger partial charge is 0.481 e. The van der Waals surface area contributed by atoms with Gasteiger partial charge < -0.3 is 4.74 Å². The average Bonchev–Trinajstić information content (AvgIpc) is 3.21. The second-order valence-corrected chi connectivity index (χ2v) is 7.30. The van der Waals surface area contributed by atoms with Gasteiger partial charge in [0, 0.05) is 17.3 Å². The van der Waals surface area contributed by atoms with Gasteiger partial charge in [0.2, 0.25) is 5.88 Å². The Balaban J connectivity index is 1.80. The molecule has 0 aliphatic carbocycles. The van der Waals surface area contributed by atoms with Gasteiger partial charge >= 0.3 is 0 Å². The lowest BCUT2D eigenvalue weighted by Gasteiger charge is -2.22. The van der Waals surface area contributed by atoms with E-state index in [2.05, 4.69) is 10.1 Å². The third-order valence-electron chi connectivity index (χ3n) is 4.39. The summed E-state index contributed by atoms with van der Waals surface area (Å²) in [6.45, 7) is 0. The zero-order valence-corrected chi connectivity index (χ0v) is 16.4. The van der Waals surface area contributed by atoms with Crippen molar-refractivity contribution < 1.29 is 22.7 Å². The first-order valence-electron chi connectivity index (χ1n) is 8.77. The first-order chi connectivity index (χ1) is 14.5. The lowest BCUT2D eigenvalue weighted by atomic mass is 10.1. The minimum atomic E-state index is -1.25. The summed E-state index contributed by atoms with van der Waals surface area (Å²) >= 11 is 1.19. The Hall–Kier alpha value is -3.33. The molecule has 1 aliphatic rings. The van der Waals surface area contributed by atoms with E-state index >= 15 is 0 Å². The van der Waals surface area contributed by atoms with Crippen molar-refractivity contribution in [3.8, 4) is 5.88 Å². The third-order valence-corrected chi connectivity index (χ3v) is 5.60. The summed E-state index contributed by atoms with van der Waals surface area (Å²) in [5.74, 6) is -3.36. The molecule has 1 aliphatic heterocycles. The molecular formula is C21H14F3N3O2S. The van der Waals surface area contributed by atoms with Gasteiger partial charge in [0.05, 0.1) is 12.7 Å². The molecular weight excluding hydrogens is 415 g/mol. The molecule has 1 atom stereocenters. The molecule has 30 heavy (non-hydrogen) atoms. The summed E-state index contributed by atoms with van der Waals surface area (Å²) in [6, 6.07) is 12.3. The molecule has 1 unspecified atom stereocenters. The number of nitrogens with zero attached hydrogens (tertiary/aromatic N) is 3. The Morgan fingerprint density at radius 2 is 1.83 bits per heavy atom. The van der Waals surface area contributed by atoms with Crippen molar-refractivity contribution >= 4 is 22.7 Å². The SMILES string of the molecule is COc1ncccc1C1SC(c2ccc(F)cc2)=NN1C(=O)c1cccc(F)c1F. The van der Waals surface area contributed by atoms with Gasteiger partial charge in [-0.2, -0.15) is 5.10 Å². The van der Waals surface area contributed by atoms with E-state index in [0.29, 0.717) is 16.2 Å². The Morgan fingerprint density at radius 3 is 2.57 bits per heavy atom. The molecule has 0 saturated heterocycles. The van der Waals surface area contributed by atoms with E-state index in [4.69, 9.17) is 4.74 Å². The molecule has 2 heterocycles. The van der Waals surface area contributed by atoms with Crippen LogP contribution in [0.15, 0.2) is 65.9 Å². The number of amides is 1. The number of rotatable bonds is 4. The van der Waals surface area contributed by atoms with Gasteiger partial charge in [0.1, 0.15) is 16.2 Å². The fourth-order valence-electron chi connectivity index (χ4n) is 2.95. The highest BCUT2D eigenvalue weighted by Crippen LogP contribution is 2.44. The minimum Gasteiger partial charge on any atom is -0.481 e. The molecule has 1 amide bonds. The van der Waals surface area contributed by atoms with Crippen molar-refractivity contribution in [2.24, 2.45) is 5.10 Å². The maximum atomic E-state index is 14.3. The predicted octanol–water partition coefficient (Wildman–Crippen LogP) is 4.76. The number of methoxy groups -OCH3 is 1. The summed E-state index contributed by atoms with van der Waals surface area (Å²) in [4.78, 5) is 17.3. The van der Waals surface area contributed by atoms with Gasteiger partial charge in [0.15, 0.2) is 11.6 Å². The molecule has 0 saturated carbocycles. The maximum absolute atomic E-state index is 14.3. The summed E-state index contributed by atoms with van der Waals surface area (Å²) < 4.78 is 46.6. The van der Waals surface area contributed by atoms with Crippen LogP contribution in [0.2, 0.25) is 0 Å². The smallest absolute Gasteiger partial charge is 0.278 e. The number of carbonyl (C=O) groups excluding carboxylic acids is 1. The highest BCUT2D eigenvalue weighted by Gasteiger charge is 2.37. The monoisotopic (exact) mass is 429 g/mol. The van der Waals surface area contributed by atoms with Crippen molar-refractivity contribution in [3.63, 3.8) is 0 Å². The van der Waals surface area contributed by atoms with Crippen LogP contribution >= 0.6 is 11.8 Å². The van der Waals surface area contributed by atoms with Crippen LogP contribution in [0.4, 0.5) is 13.2 Å². The second-order valence-electron chi connectivity index (χ2n) is 6.24. The van der Waals surface area contributed by atoms with Gasteiger partial charge in [0.25, 0.3) is 5.91 Å². The standard InChI is InChI=1S/C21H14F3N3O2S/c1-29-18-15(5-3-11-25-18)21-27(20(28)14-4-2-6-16(23)17(14)24)26-19(30-21)12-7-9-13(22)10-8-12/h2-11,21H,1H3. The molecule has 9 heteroatoms. The van der Waals surface area contributed by atoms with E-state index in [1.807, 2.05) is 0 Å². The van der Waals surface area contributed by atoms with E-state index in [9.17, 15) is 18.0 Å². The molecule has 152 valence electrons. The molecule has 3 aromatic rings. The van der Waals surface area contributed by atoms with Crippen LogP contribution in [0.25, 0.3) is 0 Å². The van der Waals surface area contributed by atoms with Gasteiger partial charge in [-0.05, 0) is 48.5 Å². The second kappa shape index (κ2) is 8.19. The third kappa shape index (κ3) is 3.63. The number of hydrogen-bond acceptors (Lipinski definition) is 5. The van der Waals surface area contributed by atoms with E-state index in [1.54, 1.807) is 12.1 Å². The summed E-state index contributed by atoms with van der Waals surface area (Å²) in [5.41, 5.74) is 0.646. The fourth-order valence-corrected chi connectivity index (χ4v) is 4.12. The highest BCUT2D eigenvalue weighted by atomic mass is 32.2. The van der Waals surface area contributed by atoms with Crippen LogP contribution < -0.4 is 4.74 Å². The lowest BCUT2D eigenvalue weighted by Crippen LogP contribution is -2.27.